The van der Waals surface area contributed by atoms with Crippen molar-refractivity contribution in [1.29, 1.82) is 0 Å². The highest BCUT2D eigenvalue weighted by atomic mass is 16.4. The highest BCUT2D eigenvalue weighted by Gasteiger charge is 2.37. The zero-order valence-electron chi connectivity index (χ0n) is 14.8. The molecule has 1 aliphatic heterocycles. The number of para-hydroxylation sites is 1. The Balaban J connectivity index is 1.95. The third-order valence-corrected chi connectivity index (χ3v) is 4.94. The maximum absolute atomic E-state index is 13.0. The standard InChI is InChI=1S/C19H23N3O3/c1-4-13(5-2)22-12(3)10-16(20-22)18(23)21-11-15(19(24)25)14-8-6-7-9-17(14)21/h6-10,13,15H,4-5,11H2,1-3H3,(H,24,25). The van der Waals surface area contributed by atoms with Crippen LogP contribution in [0.4, 0.5) is 5.69 Å². The summed E-state index contributed by atoms with van der Waals surface area (Å²) < 4.78 is 1.91. The molecule has 6 heteroatoms. The van der Waals surface area contributed by atoms with E-state index in [1.807, 2.05) is 17.7 Å². The number of aryl methyl sites for hydroxylation is 1. The van der Waals surface area contributed by atoms with E-state index in [0.29, 0.717) is 16.9 Å². The van der Waals surface area contributed by atoms with Crippen molar-refractivity contribution < 1.29 is 14.7 Å². The van der Waals surface area contributed by atoms with E-state index in [2.05, 4.69) is 18.9 Å². The molecule has 132 valence electrons. The molecule has 1 unspecified atom stereocenters. The van der Waals surface area contributed by atoms with Gasteiger partial charge in [0, 0.05) is 17.9 Å². The molecule has 0 aliphatic carbocycles. The van der Waals surface area contributed by atoms with Gasteiger partial charge in [-0.3, -0.25) is 14.3 Å². The van der Waals surface area contributed by atoms with E-state index in [1.165, 1.54) is 4.90 Å². The fraction of sp³-hybridized carbons (Fsp3) is 0.421. The summed E-state index contributed by atoms with van der Waals surface area (Å²) in [4.78, 5) is 26.1. The number of carbonyl (C=O) groups excluding carboxylic acids is 1. The first-order valence-corrected chi connectivity index (χ1v) is 8.67. The van der Waals surface area contributed by atoms with Crippen molar-refractivity contribution >= 4 is 17.6 Å². The van der Waals surface area contributed by atoms with Crippen LogP contribution < -0.4 is 4.90 Å². The number of anilines is 1. The van der Waals surface area contributed by atoms with Crippen LogP contribution in [0.2, 0.25) is 0 Å². The zero-order valence-corrected chi connectivity index (χ0v) is 14.8. The van der Waals surface area contributed by atoms with Gasteiger partial charge in [0.1, 0.15) is 5.92 Å². The fourth-order valence-electron chi connectivity index (χ4n) is 3.55. The smallest absolute Gasteiger partial charge is 0.312 e. The highest BCUT2D eigenvalue weighted by Crippen LogP contribution is 2.37. The molecule has 1 aromatic carbocycles. The maximum atomic E-state index is 13.0. The molecule has 3 rings (SSSR count). The average Bonchev–Trinajstić information content (AvgIpc) is 3.17. The van der Waals surface area contributed by atoms with Gasteiger partial charge in [-0.15, -0.1) is 0 Å². The van der Waals surface area contributed by atoms with Crippen molar-refractivity contribution in [2.45, 2.75) is 45.6 Å². The van der Waals surface area contributed by atoms with E-state index in [1.54, 1.807) is 24.3 Å². The Labute approximate surface area is 147 Å². The summed E-state index contributed by atoms with van der Waals surface area (Å²) >= 11 is 0. The van der Waals surface area contributed by atoms with Crippen LogP contribution in [0.3, 0.4) is 0 Å². The topological polar surface area (TPSA) is 75.4 Å². The van der Waals surface area contributed by atoms with Crippen LogP contribution >= 0.6 is 0 Å². The number of hydrogen-bond donors (Lipinski definition) is 1. The molecule has 0 bridgehead atoms. The summed E-state index contributed by atoms with van der Waals surface area (Å²) in [5, 5.41) is 14.0. The Kier molecular flexibility index (Phi) is 4.61. The van der Waals surface area contributed by atoms with Crippen molar-refractivity contribution in [2.24, 2.45) is 0 Å². The molecule has 1 N–H and O–H groups in total. The first-order chi connectivity index (χ1) is 12.0. The summed E-state index contributed by atoms with van der Waals surface area (Å²) in [5.74, 6) is -1.85. The van der Waals surface area contributed by atoms with Crippen LogP contribution in [0, 0.1) is 6.92 Å². The van der Waals surface area contributed by atoms with Gasteiger partial charge in [0.25, 0.3) is 5.91 Å². The van der Waals surface area contributed by atoms with Crippen molar-refractivity contribution in [1.82, 2.24) is 9.78 Å². The van der Waals surface area contributed by atoms with Crippen LogP contribution in [0.25, 0.3) is 0 Å². The Morgan fingerprint density at radius 2 is 1.96 bits per heavy atom. The normalized spacial score (nSPS) is 16.3. The molecule has 1 aromatic heterocycles. The Hall–Kier alpha value is -2.63. The molecular formula is C19H23N3O3. The zero-order chi connectivity index (χ0) is 18.1. The molecule has 6 nitrogen and oxygen atoms in total. The summed E-state index contributed by atoms with van der Waals surface area (Å²) in [7, 11) is 0. The number of rotatable bonds is 5. The molecule has 0 fully saturated rings. The molecule has 1 aliphatic rings. The number of hydrogen-bond acceptors (Lipinski definition) is 3. The summed E-state index contributed by atoms with van der Waals surface area (Å²) in [6.07, 6.45) is 1.89. The second-order valence-corrected chi connectivity index (χ2v) is 6.45. The molecule has 1 atom stereocenters. The second kappa shape index (κ2) is 6.70. The number of carboxylic acid groups (broad SMARTS) is 1. The van der Waals surface area contributed by atoms with E-state index in [4.69, 9.17) is 0 Å². The lowest BCUT2D eigenvalue weighted by atomic mass is 10.0. The minimum atomic E-state index is -0.915. The van der Waals surface area contributed by atoms with E-state index >= 15 is 0 Å². The third kappa shape index (κ3) is 2.92. The quantitative estimate of drug-likeness (QED) is 0.904. The number of aliphatic carboxylic acids is 1. The average molecular weight is 341 g/mol. The van der Waals surface area contributed by atoms with Gasteiger partial charge in [0.2, 0.25) is 0 Å². The molecular weight excluding hydrogens is 318 g/mol. The van der Waals surface area contributed by atoms with E-state index in [0.717, 1.165) is 18.5 Å². The minimum absolute atomic E-state index is 0.143. The molecule has 1 amide bonds. The van der Waals surface area contributed by atoms with Crippen molar-refractivity contribution in [3.8, 4) is 0 Å². The number of amides is 1. The fourth-order valence-corrected chi connectivity index (χ4v) is 3.55. The number of carboxylic acids is 1. The molecule has 2 heterocycles. The van der Waals surface area contributed by atoms with Gasteiger partial charge in [0.05, 0.1) is 6.04 Å². The molecule has 2 aromatic rings. The second-order valence-electron chi connectivity index (χ2n) is 6.45. The maximum Gasteiger partial charge on any atom is 0.312 e. The number of carbonyl (C=O) groups is 2. The highest BCUT2D eigenvalue weighted by molar-refractivity contribution is 6.07. The SMILES string of the molecule is CCC(CC)n1nc(C(=O)N2CC(C(=O)O)c3ccccc32)cc1C. The van der Waals surface area contributed by atoms with Crippen molar-refractivity contribution in [2.75, 3.05) is 11.4 Å². The largest absolute Gasteiger partial charge is 0.481 e. The van der Waals surface area contributed by atoms with E-state index < -0.39 is 11.9 Å². The molecule has 0 saturated carbocycles. The monoisotopic (exact) mass is 341 g/mol. The number of nitrogens with zero attached hydrogens (tertiary/aromatic N) is 3. The van der Waals surface area contributed by atoms with Crippen LogP contribution in [-0.2, 0) is 4.79 Å². The van der Waals surface area contributed by atoms with Crippen LogP contribution in [0.1, 0.15) is 60.4 Å². The molecule has 25 heavy (non-hydrogen) atoms. The first kappa shape index (κ1) is 17.2. The Morgan fingerprint density at radius 3 is 2.60 bits per heavy atom. The third-order valence-electron chi connectivity index (χ3n) is 4.94. The predicted octanol–water partition coefficient (Wildman–Crippen LogP) is 3.38. The van der Waals surface area contributed by atoms with Gasteiger partial charge in [-0.05, 0) is 37.5 Å². The predicted molar refractivity (Wildman–Crippen MR) is 95.1 cm³/mol. The van der Waals surface area contributed by atoms with Gasteiger partial charge in [-0.2, -0.15) is 5.10 Å². The van der Waals surface area contributed by atoms with Crippen molar-refractivity contribution in [3.63, 3.8) is 0 Å². The van der Waals surface area contributed by atoms with E-state index in [9.17, 15) is 14.7 Å². The van der Waals surface area contributed by atoms with Gasteiger partial charge >= 0.3 is 5.97 Å². The van der Waals surface area contributed by atoms with Crippen LogP contribution in [0.5, 0.6) is 0 Å². The Morgan fingerprint density at radius 1 is 1.28 bits per heavy atom. The lowest BCUT2D eigenvalue weighted by molar-refractivity contribution is -0.138. The van der Waals surface area contributed by atoms with Gasteiger partial charge in [0.15, 0.2) is 5.69 Å². The first-order valence-electron chi connectivity index (χ1n) is 8.67. The number of aromatic nitrogens is 2. The summed E-state index contributed by atoms with van der Waals surface area (Å²) in [5.41, 5.74) is 2.65. The molecule has 0 spiro atoms. The van der Waals surface area contributed by atoms with Gasteiger partial charge in [-0.25, -0.2) is 0 Å². The summed E-state index contributed by atoms with van der Waals surface area (Å²) in [6, 6.07) is 9.24. The molecule has 0 saturated heterocycles. The number of benzene rings is 1. The lowest BCUT2D eigenvalue weighted by Gasteiger charge is -2.17. The van der Waals surface area contributed by atoms with E-state index in [-0.39, 0.29) is 18.5 Å². The lowest BCUT2D eigenvalue weighted by Crippen LogP contribution is -2.31. The van der Waals surface area contributed by atoms with Crippen LogP contribution in [-0.4, -0.2) is 33.3 Å². The minimum Gasteiger partial charge on any atom is -0.481 e. The number of fused-ring (bicyclic) bond motifs is 1. The Bertz CT molecular complexity index is 808. The van der Waals surface area contributed by atoms with Gasteiger partial charge < -0.3 is 10.0 Å². The van der Waals surface area contributed by atoms with Crippen LogP contribution in [0.15, 0.2) is 30.3 Å². The van der Waals surface area contributed by atoms with Gasteiger partial charge in [-0.1, -0.05) is 32.0 Å². The molecule has 0 radical (unpaired) electrons. The summed E-state index contributed by atoms with van der Waals surface area (Å²) in [6.45, 7) is 6.29. The van der Waals surface area contributed by atoms with Crippen molar-refractivity contribution in [3.05, 3.63) is 47.3 Å².